The fourth-order valence-electron chi connectivity index (χ4n) is 3.73. The number of nitrogens with zero attached hydrogens (tertiary/aromatic N) is 5. The van der Waals surface area contributed by atoms with Crippen LogP contribution in [0.4, 0.5) is 0 Å². The summed E-state index contributed by atoms with van der Waals surface area (Å²) in [7, 11) is 1.96. The van der Waals surface area contributed by atoms with Crippen LogP contribution in [0.5, 0.6) is 0 Å². The van der Waals surface area contributed by atoms with Gasteiger partial charge < -0.3 is 24.7 Å². The first-order valence-corrected chi connectivity index (χ1v) is 10.8. The van der Waals surface area contributed by atoms with E-state index in [1.54, 1.807) is 0 Å². The maximum atomic E-state index is 5.97. The van der Waals surface area contributed by atoms with Crippen LogP contribution in [0, 0.1) is 12.8 Å². The summed E-state index contributed by atoms with van der Waals surface area (Å²) in [4.78, 5) is 7.21. The Hall–Kier alpha value is -1.71. The van der Waals surface area contributed by atoms with Gasteiger partial charge in [-0.1, -0.05) is 13.8 Å². The molecule has 9 heteroatoms. The minimum Gasteiger partial charge on any atom is -0.376 e. The van der Waals surface area contributed by atoms with Gasteiger partial charge in [0.05, 0.1) is 18.8 Å². The molecule has 1 aromatic heterocycles. The number of guanidine groups is 1. The highest BCUT2D eigenvalue weighted by atomic mass is 16.5. The fourth-order valence-corrected chi connectivity index (χ4v) is 3.73. The highest BCUT2D eigenvalue weighted by molar-refractivity contribution is 5.79. The van der Waals surface area contributed by atoms with Crippen molar-refractivity contribution in [2.75, 3.05) is 45.9 Å². The van der Waals surface area contributed by atoms with E-state index in [0.717, 1.165) is 76.4 Å². The van der Waals surface area contributed by atoms with Crippen molar-refractivity contribution in [2.24, 2.45) is 18.0 Å². The molecule has 0 spiro atoms. The van der Waals surface area contributed by atoms with Gasteiger partial charge in [0.15, 0.2) is 11.8 Å². The Morgan fingerprint density at radius 3 is 2.59 bits per heavy atom. The van der Waals surface area contributed by atoms with Crippen LogP contribution in [0.2, 0.25) is 0 Å². The summed E-state index contributed by atoms with van der Waals surface area (Å²) in [5.74, 6) is 3.17. The fraction of sp³-hybridized carbons (Fsp3) is 0.850. The lowest BCUT2D eigenvalue weighted by Gasteiger charge is -2.34. The van der Waals surface area contributed by atoms with Crippen LogP contribution in [0.25, 0.3) is 0 Å². The van der Waals surface area contributed by atoms with Crippen LogP contribution in [0.15, 0.2) is 4.99 Å². The first kappa shape index (κ1) is 22.0. The minimum atomic E-state index is 0.161. The molecule has 0 saturated carbocycles. The van der Waals surface area contributed by atoms with Gasteiger partial charge in [0.2, 0.25) is 0 Å². The van der Waals surface area contributed by atoms with Crippen LogP contribution in [-0.4, -0.2) is 83.8 Å². The molecule has 0 bridgehead atoms. The maximum absolute atomic E-state index is 5.97. The van der Waals surface area contributed by atoms with Crippen LogP contribution in [-0.2, 0) is 23.1 Å². The van der Waals surface area contributed by atoms with Crippen molar-refractivity contribution < 1.29 is 9.47 Å². The zero-order chi connectivity index (χ0) is 20.6. The van der Waals surface area contributed by atoms with E-state index < -0.39 is 0 Å². The summed E-state index contributed by atoms with van der Waals surface area (Å²) >= 11 is 0. The maximum Gasteiger partial charge on any atom is 0.191 e. The second-order valence-electron chi connectivity index (χ2n) is 8.43. The van der Waals surface area contributed by atoms with Crippen molar-refractivity contribution in [3.63, 3.8) is 0 Å². The third-order valence-electron chi connectivity index (χ3n) is 5.43. The topological polar surface area (TPSA) is 88.8 Å². The smallest absolute Gasteiger partial charge is 0.191 e. The summed E-state index contributed by atoms with van der Waals surface area (Å²) in [5, 5.41) is 15.2. The molecule has 3 rings (SSSR count). The van der Waals surface area contributed by atoms with Gasteiger partial charge in [-0.3, -0.25) is 4.90 Å². The number of aliphatic imine (C=N–C) groups is 1. The molecule has 2 aliphatic rings. The van der Waals surface area contributed by atoms with E-state index >= 15 is 0 Å². The normalized spacial score (nSPS) is 23.7. The van der Waals surface area contributed by atoms with Crippen LogP contribution in [0.3, 0.4) is 0 Å². The van der Waals surface area contributed by atoms with Gasteiger partial charge in [-0.15, -0.1) is 10.2 Å². The van der Waals surface area contributed by atoms with Gasteiger partial charge in [-0.25, -0.2) is 4.99 Å². The van der Waals surface area contributed by atoms with Gasteiger partial charge in [0, 0.05) is 46.4 Å². The van der Waals surface area contributed by atoms with Gasteiger partial charge in [0.1, 0.15) is 12.4 Å². The summed E-state index contributed by atoms with van der Waals surface area (Å²) in [6.07, 6.45) is 2.64. The first-order chi connectivity index (χ1) is 14.0. The average Bonchev–Trinajstić information content (AvgIpc) is 3.32. The molecule has 0 radical (unpaired) electrons. The van der Waals surface area contributed by atoms with Gasteiger partial charge in [-0.05, 0) is 25.7 Å². The van der Waals surface area contributed by atoms with Crippen molar-refractivity contribution >= 4 is 5.96 Å². The Labute approximate surface area is 174 Å². The number of aromatic nitrogens is 3. The predicted molar refractivity (Wildman–Crippen MR) is 113 cm³/mol. The molecule has 1 aromatic rings. The molecule has 0 aromatic carbocycles. The number of hydrogen-bond acceptors (Lipinski definition) is 6. The number of nitrogens with one attached hydrogen (secondary N) is 2. The molecular formula is C20H37N7O2. The standard InChI is InChI=1S/C20H37N7O2/c1-15(2)13-27-7-9-29-18(14-27)11-22-20(21-10-17-6-5-8-28-17)23-12-19-25-24-16(3)26(19)4/h15,17-18H,5-14H2,1-4H3,(H2,21,22,23). The van der Waals surface area contributed by atoms with E-state index in [1.807, 2.05) is 18.5 Å². The Kier molecular flexibility index (Phi) is 8.26. The number of aryl methyl sites for hydroxylation is 1. The molecule has 2 aliphatic heterocycles. The Bertz CT molecular complexity index is 655. The zero-order valence-corrected chi connectivity index (χ0v) is 18.4. The predicted octanol–water partition coefficient (Wildman–Crippen LogP) is 0.695. The van der Waals surface area contributed by atoms with Crippen LogP contribution < -0.4 is 10.6 Å². The summed E-state index contributed by atoms with van der Waals surface area (Å²) in [6, 6.07) is 0. The molecule has 3 heterocycles. The average molecular weight is 408 g/mol. The molecule has 164 valence electrons. The summed E-state index contributed by atoms with van der Waals surface area (Å²) < 4.78 is 13.7. The van der Waals surface area contributed by atoms with Crippen LogP contribution >= 0.6 is 0 Å². The number of rotatable bonds is 8. The quantitative estimate of drug-likeness (QED) is 0.484. The molecule has 0 amide bonds. The third-order valence-corrected chi connectivity index (χ3v) is 5.43. The zero-order valence-electron chi connectivity index (χ0n) is 18.4. The van der Waals surface area contributed by atoms with Crippen molar-refractivity contribution in [1.29, 1.82) is 0 Å². The lowest BCUT2D eigenvalue weighted by atomic mass is 10.2. The van der Waals surface area contributed by atoms with Crippen molar-refractivity contribution in [3.8, 4) is 0 Å². The number of ether oxygens (including phenoxy) is 2. The lowest BCUT2D eigenvalue weighted by Crippen LogP contribution is -2.50. The molecular weight excluding hydrogens is 370 g/mol. The molecule has 2 fully saturated rings. The van der Waals surface area contributed by atoms with E-state index in [0.29, 0.717) is 12.5 Å². The first-order valence-electron chi connectivity index (χ1n) is 10.8. The highest BCUT2D eigenvalue weighted by Crippen LogP contribution is 2.11. The van der Waals surface area contributed by atoms with Crippen LogP contribution in [0.1, 0.15) is 38.3 Å². The largest absolute Gasteiger partial charge is 0.376 e. The van der Waals surface area contributed by atoms with E-state index in [1.165, 1.54) is 0 Å². The molecule has 9 nitrogen and oxygen atoms in total. The molecule has 2 unspecified atom stereocenters. The molecule has 2 saturated heterocycles. The molecule has 29 heavy (non-hydrogen) atoms. The molecule has 0 aliphatic carbocycles. The minimum absolute atomic E-state index is 0.161. The molecule has 2 atom stereocenters. The van der Waals surface area contributed by atoms with E-state index in [4.69, 9.17) is 14.5 Å². The van der Waals surface area contributed by atoms with Crippen molar-refractivity contribution in [2.45, 2.75) is 52.4 Å². The number of morpholine rings is 1. The lowest BCUT2D eigenvalue weighted by molar-refractivity contribution is -0.0284. The molecule has 2 N–H and O–H groups in total. The van der Waals surface area contributed by atoms with E-state index in [-0.39, 0.29) is 12.2 Å². The third kappa shape index (κ3) is 6.94. The second-order valence-corrected chi connectivity index (χ2v) is 8.43. The number of hydrogen-bond donors (Lipinski definition) is 2. The second kappa shape index (κ2) is 10.9. The highest BCUT2D eigenvalue weighted by Gasteiger charge is 2.22. The van der Waals surface area contributed by atoms with Gasteiger partial charge >= 0.3 is 0 Å². The van der Waals surface area contributed by atoms with E-state index in [2.05, 4.69) is 39.6 Å². The van der Waals surface area contributed by atoms with Crippen molar-refractivity contribution in [1.82, 2.24) is 30.3 Å². The van der Waals surface area contributed by atoms with Crippen molar-refractivity contribution in [3.05, 3.63) is 11.6 Å². The Morgan fingerprint density at radius 2 is 1.93 bits per heavy atom. The Balaban J connectivity index is 1.55. The summed E-state index contributed by atoms with van der Waals surface area (Å²) in [6.45, 7) is 13.1. The van der Waals surface area contributed by atoms with E-state index in [9.17, 15) is 0 Å². The van der Waals surface area contributed by atoms with Gasteiger partial charge in [0.25, 0.3) is 0 Å². The SMILES string of the molecule is Cc1nnc(CN=C(NCC2CCCO2)NCC2CN(CC(C)C)CCO2)n1C. The monoisotopic (exact) mass is 407 g/mol. The van der Waals surface area contributed by atoms with Gasteiger partial charge in [-0.2, -0.15) is 0 Å². The Morgan fingerprint density at radius 1 is 1.17 bits per heavy atom. The summed E-state index contributed by atoms with van der Waals surface area (Å²) in [5.41, 5.74) is 0.